The van der Waals surface area contributed by atoms with Gasteiger partial charge in [-0.1, -0.05) is 109 Å². The lowest BCUT2D eigenvalue weighted by atomic mass is 9.91. The summed E-state index contributed by atoms with van der Waals surface area (Å²) in [4.78, 5) is 12.0. The van der Waals surface area contributed by atoms with Crippen LogP contribution in [0.3, 0.4) is 0 Å². The van der Waals surface area contributed by atoms with Crippen molar-refractivity contribution in [1.82, 2.24) is 0 Å². The van der Waals surface area contributed by atoms with Crippen LogP contribution < -0.4 is 0 Å². The van der Waals surface area contributed by atoms with E-state index in [1.807, 2.05) is 12.1 Å². The van der Waals surface area contributed by atoms with Crippen molar-refractivity contribution in [3.63, 3.8) is 0 Å². The number of aliphatic hydroxyl groups excluding tert-OH is 1. The Kier molecular flexibility index (Phi) is 28.6. The van der Waals surface area contributed by atoms with Crippen LogP contribution in [0.4, 0.5) is 0 Å². The summed E-state index contributed by atoms with van der Waals surface area (Å²) >= 11 is 0. The Bertz CT molecular complexity index is 1230. The second-order valence-corrected chi connectivity index (χ2v) is 14.9. The molecule has 0 aliphatic carbocycles. The highest BCUT2D eigenvalue weighted by Crippen LogP contribution is 2.34. The fourth-order valence-electron chi connectivity index (χ4n) is 7.38. The normalized spacial score (nSPS) is 13.4. The number of carbonyl (C=O) groups is 1. The number of unbranched alkanes of at least 4 members (excludes halogenated alkanes) is 10. The third kappa shape index (κ3) is 20.2. The van der Waals surface area contributed by atoms with Crippen LogP contribution in [0.15, 0.2) is 48.5 Å². The molecular formula is C46H78O11. The lowest BCUT2D eigenvalue weighted by Crippen LogP contribution is -2.44. The molecular weight excluding hydrogens is 728 g/mol. The van der Waals surface area contributed by atoms with Gasteiger partial charge in [0.15, 0.2) is 0 Å². The number of aryl methyl sites for hydroxylation is 1. The quantitative estimate of drug-likeness (QED) is 0.0369. The SMILES string of the molecule is CCCCCCCCC(CCCC(O)COC(=O)c1ccc(O)cc1)C(OC)(OC)OC.CCCCCCCCC(CCc1ccc(O)cc1)C(OC)(OC)OC. The highest BCUT2D eigenvalue weighted by atomic mass is 16.9. The minimum Gasteiger partial charge on any atom is -0.508 e. The van der Waals surface area contributed by atoms with Gasteiger partial charge in [0.2, 0.25) is 0 Å². The highest BCUT2D eigenvalue weighted by molar-refractivity contribution is 5.89. The average Bonchev–Trinajstić information content (AvgIpc) is 3.23. The third-order valence-electron chi connectivity index (χ3n) is 10.8. The first kappa shape index (κ1) is 52.2. The van der Waals surface area contributed by atoms with Crippen molar-refractivity contribution in [2.75, 3.05) is 49.3 Å². The Balaban J connectivity index is 0.000000587. The number of rotatable bonds is 32. The second-order valence-electron chi connectivity index (χ2n) is 14.9. The Morgan fingerprint density at radius 3 is 1.35 bits per heavy atom. The molecule has 3 atom stereocenters. The molecule has 2 aromatic carbocycles. The van der Waals surface area contributed by atoms with Crippen LogP contribution in [0.5, 0.6) is 11.5 Å². The van der Waals surface area contributed by atoms with Crippen LogP contribution in [0, 0.1) is 11.8 Å². The summed E-state index contributed by atoms with van der Waals surface area (Å²) in [5.74, 6) is -2.04. The van der Waals surface area contributed by atoms with Gasteiger partial charge in [-0.3, -0.25) is 0 Å². The lowest BCUT2D eigenvalue weighted by Gasteiger charge is -2.36. The van der Waals surface area contributed by atoms with Crippen molar-refractivity contribution in [3.8, 4) is 11.5 Å². The van der Waals surface area contributed by atoms with Gasteiger partial charge in [-0.25, -0.2) is 4.79 Å². The minimum absolute atomic E-state index is 0.0282. The van der Waals surface area contributed by atoms with E-state index in [9.17, 15) is 20.1 Å². The number of phenolic OH excluding ortho intramolecular Hbond substituents is 2. The van der Waals surface area contributed by atoms with E-state index >= 15 is 0 Å². The van der Waals surface area contributed by atoms with E-state index in [1.54, 1.807) is 54.8 Å². The summed E-state index contributed by atoms with van der Waals surface area (Å²) in [5.41, 5.74) is 1.53. The highest BCUT2D eigenvalue weighted by Gasteiger charge is 2.40. The molecule has 0 heterocycles. The van der Waals surface area contributed by atoms with Crippen LogP contribution in [-0.2, 0) is 39.6 Å². The number of aromatic hydroxyl groups is 2. The number of hydrogen-bond donors (Lipinski definition) is 3. The van der Waals surface area contributed by atoms with Gasteiger partial charge in [-0.2, -0.15) is 0 Å². The number of phenols is 2. The molecule has 0 aromatic heterocycles. The Morgan fingerprint density at radius 2 is 0.912 bits per heavy atom. The van der Waals surface area contributed by atoms with Crippen LogP contribution in [-0.4, -0.2) is 88.6 Å². The largest absolute Gasteiger partial charge is 0.508 e. The van der Waals surface area contributed by atoms with Crippen molar-refractivity contribution >= 4 is 5.97 Å². The maximum atomic E-state index is 12.0. The summed E-state index contributed by atoms with van der Waals surface area (Å²) in [5, 5.41) is 29.0. The number of benzene rings is 2. The molecule has 0 aliphatic rings. The molecule has 0 aliphatic heterocycles. The van der Waals surface area contributed by atoms with E-state index in [2.05, 4.69) is 13.8 Å². The number of methoxy groups -OCH3 is 6. The molecule has 0 spiro atoms. The molecule has 0 saturated heterocycles. The molecule has 0 amide bonds. The smallest absolute Gasteiger partial charge is 0.338 e. The van der Waals surface area contributed by atoms with Crippen LogP contribution in [0.25, 0.3) is 0 Å². The van der Waals surface area contributed by atoms with E-state index in [-0.39, 0.29) is 24.2 Å². The van der Waals surface area contributed by atoms with Crippen LogP contribution >= 0.6 is 0 Å². The van der Waals surface area contributed by atoms with Gasteiger partial charge in [-0.05, 0) is 80.5 Å². The molecule has 0 fully saturated rings. The lowest BCUT2D eigenvalue weighted by molar-refractivity contribution is -0.380. The first-order valence-electron chi connectivity index (χ1n) is 21.3. The van der Waals surface area contributed by atoms with Gasteiger partial charge >= 0.3 is 5.97 Å². The zero-order chi connectivity index (χ0) is 42.4. The molecule has 328 valence electrons. The van der Waals surface area contributed by atoms with E-state index in [4.69, 9.17) is 33.2 Å². The average molecular weight is 807 g/mol. The number of aliphatic hydroxyl groups is 1. The topological polar surface area (TPSA) is 142 Å². The standard InChI is InChI=1S/C25H42O7.C21H36O4/c1-5-6-7-8-9-10-12-21(25(29-2,30-3)31-4)13-11-14-23(27)19-32-24(28)20-15-17-22(26)18-16-20;1-5-6-7-8-9-10-11-19(21(23-2,24-3)25-4)15-12-18-13-16-20(22)17-14-18/h15-18,21,23,26-27H,5-14,19H2,1-4H3;13-14,16-17,19,22H,5-12,15H2,1-4H3. The van der Waals surface area contributed by atoms with Crippen molar-refractivity contribution in [1.29, 1.82) is 0 Å². The van der Waals surface area contributed by atoms with E-state index in [0.29, 0.717) is 17.7 Å². The maximum absolute atomic E-state index is 12.0. The number of hydrogen-bond acceptors (Lipinski definition) is 11. The van der Waals surface area contributed by atoms with Crippen LogP contribution in [0.1, 0.15) is 145 Å². The second kappa shape index (κ2) is 31.2. The Labute approximate surface area is 344 Å². The Morgan fingerprint density at radius 1 is 0.526 bits per heavy atom. The molecule has 2 aromatic rings. The van der Waals surface area contributed by atoms with Gasteiger partial charge in [0.25, 0.3) is 11.9 Å². The molecule has 57 heavy (non-hydrogen) atoms. The van der Waals surface area contributed by atoms with Gasteiger partial charge < -0.3 is 48.5 Å². The predicted molar refractivity (Wildman–Crippen MR) is 225 cm³/mol. The fraction of sp³-hybridized carbons (Fsp3) is 0.717. The molecule has 11 nitrogen and oxygen atoms in total. The molecule has 0 bridgehead atoms. The van der Waals surface area contributed by atoms with Gasteiger partial charge in [0, 0.05) is 54.5 Å². The molecule has 2 rings (SSSR count). The van der Waals surface area contributed by atoms with Crippen LogP contribution in [0.2, 0.25) is 0 Å². The number of carbonyl (C=O) groups excluding carboxylic acids is 1. The molecule has 0 radical (unpaired) electrons. The van der Waals surface area contributed by atoms with Gasteiger partial charge in [-0.15, -0.1) is 0 Å². The first-order valence-corrected chi connectivity index (χ1v) is 21.3. The summed E-state index contributed by atoms with van der Waals surface area (Å²) in [6, 6.07) is 13.2. The van der Waals surface area contributed by atoms with Crippen molar-refractivity contribution in [2.45, 2.75) is 154 Å². The zero-order valence-corrected chi connectivity index (χ0v) is 36.6. The van der Waals surface area contributed by atoms with Gasteiger partial charge in [0.05, 0.1) is 11.7 Å². The maximum Gasteiger partial charge on any atom is 0.338 e. The van der Waals surface area contributed by atoms with Crippen molar-refractivity contribution in [3.05, 3.63) is 59.7 Å². The summed E-state index contributed by atoms with van der Waals surface area (Å²) in [6.45, 7) is 4.37. The number of esters is 1. The van der Waals surface area contributed by atoms with E-state index in [1.165, 1.54) is 94.0 Å². The van der Waals surface area contributed by atoms with Crippen molar-refractivity contribution < 1.29 is 53.3 Å². The Hall–Kier alpha value is -2.77. The predicted octanol–water partition coefficient (Wildman–Crippen LogP) is 10.3. The van der Waals surface area contributed by atoms with Crippen molar-refractivity contribution in [2.24, 2.45) is 11.8 Å². The van der Waals surface area contributed by atoms with E-state index < -0.39 is 24.0 Å². The summed E-state index contributed by atoms with van der Waals surface area (Å²) in [6.07, 6.45) is 19.8. The monoisotopic (exact) mass is 807 g/mol. The fourth-order valence-corrected chi connectivity index (χ4v) is 7.38. The van der Waals surface area contributed by atoms with E-state index in [0.717, 1.165) is 51.4 Å². The third-order valence-corrected chi connectivity index (χ3v) is 10.8. The van der Waals surface area contributed by atoms with Gasteiger partial charge in [0.1, 0.15) is 18.1 Å². The minimum atomic E-state index is -1.10. The molecule has 3 N–H and O–H groups in total. The molecule has 11 heteroatoms. The zero-order valence-electron chi connectivity index (χ0n) is 36.6. The first-order chi connectivity index (χ1) is 27.5. The molecule has 3 unspecified atom stereocenters. The summed E-state index contributed by atoms with van der Waals surface area (Å²) < 4.78 is 38.8. The number of ether oxygens (including phenoxy) is 7. The molecule has 0 saturated carbocycles. The summed E-state index contributed by atoms with van der Waals surface area (Å²) in [7, 11) is 9.67.